The number of hydrogen-bond donors (Lipinski definition) is 1. The Kier molecular flexibility index (Phi) is 4.34. The van der Waals surface area contributed by atoms with E-state index in [1.165, 1.54) is 32.1 Å². The molecule has 0 aliphatic heterocycles. The van der Waals surface area contributed by atoms with Gasteiger partial charge in [0.1, 0.15) is 5.75 Å². The van der Waals surface area contributed by atoms with Crippen molar-refractivity contribution in [3.63, 3.8) is 0 Å². The molecule has 3 nitrogen and oxygen atoms in total. The van der Waals surface area contributed by atoms with Gasteiger partial charge in [-0.2, -0.15) is 0 Å². The van der Waals surface area contributed by atoms with E-state index < -0.39 is 0 Å². The van der Waals surface area contributed by atoms with Crippen molar-refractivity contribution in [2.24, 2.45) is 5.92 Å². The van der Waals surface area contributed by atoms with Crippen LogP contribution in [0, 0.1) is 5.92 Å². The predicted octanol–water partition coefficient (Wildman–Crippen LogP) is 3.29. The number of methoxy groups -OCH3 is 1. The summed E-state index contributed by atoms with van der Waals surface area (Å²) in [6, 6.07) is 5.93. The summed E-state index contributed by atoms with van der Waals surface area (Å²) in [7, 11) is 3.82. The molecule has 2 N–H and O–H groups in total. The maximum Gasteiger partial charge on any atom is 0.122 e. The summed E-state index contributed by atoms with van der Waals surface area (Å²) < 4.78 is 5.27. The van der Waals surface area contributed by atoms with Crippen LogP contribution in [0.15, 0.2) is 18.2 Å². The van der Waals surface area contributed by atoms with Crippen LogP contribution in [-0.4, -0.2) is 20.7 Å². The van der Waals surface area contributed by atoms with Gasteiger partial charge in [0.15, 0.2) is 0 Å². The Bertz CT molecular complexity index is 386. The van der Waals surface area contributed by atoms with Crippen LogP contribution in [0.5, 0.6) is 5.75 Å². The summed E-state index contributed by atoms with van der Waals surface area (Å²) in [6.45, 7) is 1.12. The summed E-state index contributed by atoms with van der Waals surface area (Å²) in [6.07, 6.45) is 6.91. The standard InChI is InChI=1S/C15H24N2O/c1-17(11-12-6-4-3-5-7-12)14-8-13(16)9-15(10-14)18-2/h8-10,12H,3-7,11,16H2,1-2H3. The van der Waals surface area contributed by atoms with Crippen molar-refractivity contribution >= 4 is 11.4 Å². The van der Waals surface area contributed by atoms with E-state index in [9.17, 15) is 0 Å². The Hall–Kier alpha value is -1.38. The number of anilines is 2. The minimum atomic E-state index is 0.764. The summed E-state index contributed by atoms with van der Waals surface area (Å²) in [5, 5.41) is 0. The third kappa shape index (κ3) is 3.31. The molecule has 1 aromatic rings. The number of nitrogens with two attached hydrogens (primary N) is 1. The molecule has 0 atom stereocenters. The average Bonchev–Trinajstić information content (AvgIpc) is 2.39. The number of ether oxygens (including phenoxy) is 1. The Labute approximate surface area is 110 Å². The Balaban J connectivity index is 2.02. The van der Waals surface area contributed by atoms with Gasteiger partial charge in [-0.25, -0.2) is 0 Å². The van der Waals surface area contributed by atoms with Crippen LogP contribution in [0.2, 0.25) is 0 Å². The van der Waals surface area contributed by atoms with Gasteiger partial charge in [0.25, 0.3) is 0 Å². The quantitative estimate of drug-likeness (QED) is 0.831. The van der Waals surface area contributed by atoms with Crippen molar-refractivity contribution in [1.29, 1.82) is 0 Å². The zero-order valence-corrected chi connectivity index (χ0v) is 11.5. The summed E-state index contributed by atoms with van der Waals surface area (Å²) >= 11 is 0. The topological polar surface area (TPSA) is 38.5 Å². The Morgan fingerprint density at radius 1 is 1.22 bits per heavy atom. The largest absolute Gasteiger partial charge is 0.497 e. The van der Waals surface area contributed by atoms with Crippen LogP contribution in [0.4, 0.5) is 11.4 Å². The van der Waals surface area contributed by atoms with Crippen molar-refractivity contribution in [3.05, 3.63) is 18.2 Å². The Morgan fingerprint density at radius 3 is 2.61 bits per heavy atom. The third-order valence-corrected chi connectivity index (χ3v) is 3.85. The van der Waals surface area contributed by atoms with Crippen LogP contribution in [0.1, 0.15) is 32.1 Å². The molecule has 18 heavy (non-hydrogen) atoms. The maximum atomic E-state index is 5.90. The number of rotatable bonds is 4. The number of nitrogens with zero attached hydrogens (tertiary/aromatic N) is 1. The molecule has 0 spiro atoms. The molecule has 1 fully saturated rings. The first-order valence-electron chi connectivity index (χ1n) is 6.84. The van der Waals surface area contributed by atoms with Gasteiger partial charge in [0.2, 0.25) is 0 Å². The molecule has 0 radical (unpaired) electrons. The van der Waals surface area contributed by atoms with Gasteiger partial charge in [0, 0.05) is 37.1 Å². The minimum absolute atomic E-state index is 0.764. The molecule has 0 saturated heterocycles. The number of nitrogen functional groups attached to an aromatic ring is 1. The van der Waals surface area contributed by atoms with E-state index in [1.54, 1.807) is 7.11 Å². The fraction of sp³-hybridized carbons (Fsp3) is 0.600. The highest BCUT2D eigenvalue weighted by atomic mass is 16.5. The first kappa shape index (κ1) is 13.1. The lowest BCUT2D eigenvalue weighted by molar-refractivity contribution is 0.362. The van der Waals surface area contributed by atoms with Crippen molar-refractivity contribution in [3.8, 4) is 5.75 Å². The number of benzene rings is 1. The van der Waals surface area contributed by atoms with Gasteiger partial charge in [0.05, 0.1) is 7.11 Å². The first-order chi connectivity index (χ1) is 8.69. The van der Waals surface area contributed by atoms with Crippen LogP contribution in [0.3, 0.4) is 0 Å². The van der Waals surface area contributed by atoms with Gasteiger partial charge in [-0.05, 0) is 24.8 Å². The normalized spacial score (nSPS) is 16.6. The molecule has 0 bridgehead atoms. The van der Waals surface area contributed by atoms with Crippen LogP contribution in [0.25, 0.3) is 0 Å². The second-order valence-electron chi connectivity index (χ2n) is 5.35. The highest BCUT2D eigenvalue weighted by molar-refractivity contribution is 5.60. The lowest BCUT2D eigenvalue weighted by atomic mass is 9.89. The van der Waals surface area contributed by atoms with E-state index in [0.29, 0.717) is 0 Å². The zero-order valence-electron chi connectivity index (χ0n) is 11.5. The molecule has 0 amide bonds. The molecular formula is C15H24N2O. The summed E-state index contributed by atoms with van der Waals surface area (Å²) in [5.74, 6) is 1.66. The SMILES string of the molecule is COc1cc(N)cc(N(C)CC2CCCCC2)c1. The molecule has 1 aliphatic carbocycles. The minimum Gasteiger partial charge on any atom is -0.497 e. The van der Waals surface area contributed by atoms with Gasteiger partial charge in [-0.3, -0.25) is 0 Å². The molecule has 1 aliphatic rings. The molecule has 3 heteroatoms. The number of hydrogen-bond acceptors (Lipinski definition) is 3. The van der Waals surface area contributed by atoms with E-state index >= 15 is 0 Å². The zero-order chi connectivity index (χ0) is 13.0. The fourth-order valence-electron chi connectivity index (χ4n) is 2.81. The molecular weight excluding hydrogens is 224 g/mol. The van der Waals surface area contributed by atoms with Crippen LogP contribution >= 0.6 is 0 Å². The summed E-state index contributed by atoms with van der Waals surface area (Å²) in [4.78, 5) is 2.30. The maximum absolute atomic E-state index is 5.90. The first-order valence-corrected chi connectivity index (χ1v) is 6.84. The lowest BCUT2D eigenvalue weighted by Gasteiger charge is -2.28. The van der Waals surface area contributed by atoms with Crippen molar-refractivity contribution in [2.45, 2.75) is 32.1 Å². The van der Waals surface area contributed by atoms with E-state index in [1.807, 2.05) is 12.1 Å². The second kappa shape index (κ2) is 5.98. The van der Waals surface area contributed by atoms with Crippen molar-refractivity contribution in [1.82, 2.24) is 0 Å². The molecule has 1 aromatic carbocycles. The Morgan fingerprint density at radius 2 is 1.94 bits per heavy atom. The molecule has 0 heterocycles. The molecule has 1 saturated carbocycles. The molecule has 2 rings (SSSR count). The van der Waals surface area contributed by atoms with Gasteiger partial charge >= 0.3 is 0 Å². The van der Waals surface area contributed by atoms with Gasteiger partial charge in [-0.1, -0.05) is 19.3 Å². The predicted molar refractivity (Wildman–Crippen MR) is 77.3 cm³/mol. The van der Waals surface area contributed by atoms with Gasteiger partial charge in [-0.15, -0.1) is 0 Å². The van der Waals surface area contributed by atoms with E-state index in [-0.39, 0.29) is 0 Å². The summed E-state index contributed by atoms with van der Waals surface area (Å²) in [5.41, 5.74) is 7.81. The molecule has 0 unspecified atom stereocenters. The molecule has 0 aromatic heterocycles. The highest BCUT2D eigenvalue weighted by Crippen LogP contribution is 2.28. The fourth-order valence-corrected chi connectivity index (χ4v) is 2.81. The van der Waals surface area contributed by atoms with E-state index in [4.69, 9.17) is 10.5 Å². The highest BCUT2D eigenvalue weighted by Gasteiger charge is 2.16. The van der Waals surface area contributed by atoms with E-state index in [2.05, 4.69) is 18.0 Å². The van der Waals surface area contributed by atoms with Crippen molar-refractivity contribution < 1.29 is 4.74 Å². The van der Waals surface area contributed by atoms with Crippen LogP contribution in [-0.2, 0) is 0 Å². The monoisotopic (exact) mass is 248 g/mol. The van der Waals surface area contributed by atoms with Crippen LogP contribution < -0.4 is 15.4 Å². The smallest absolute Gasteiger partial charge is 0.122 e. The van der Waals surface area contributed by atoms with Gasteiger partial charge < -0.3 is 15.4 Å². The molecule has 100 valence electrons. The van der Waals surface area contributed by atoms with Crippen molar-refractivity contribution in [2.75, 3.05) is 31.3 Å². The van der Waals surface area contributed by atoms with E-state index in [0.717, 1.165) is 29.6 Å². The third-order valence-electron chi connectivity index (χ3n) is 3.85. The average molecular weight is 248 g/mol. The lowest BCUT2D eigenvalue weighted by Crippen LogP contribution is -2.26. The second-order valence-corrected chi connectivity index (χ2v) is 5.35.